The predicted molar refractivity (Wildman–Crippen MR) is 60.5 cm³/mol. The maximum absolute atomic E-state index is 11.3. The number of hydrogen-bond acceptors (Lipinski definition) is 5. The van der Waals surface area contributed by atoms with Crippen LogP contribution in [0.4, 0.5) is 4.79 Å². The van der Waals surface area contributed by atoms with E-state index in [1.165, 1.54) is 0 Å². The van der Waals surface area contributed by atoms with Gasteiger partial charge in [0.15, 0.2) is 0 Å². The molecule has 0 heterocycles. The topological polar surface area (TPSA) is 122 Å². The first-order valence-electron chi connectivity index (χ1n) is 5.26. The summed E-state index contributed by atoms with van der Waals surface area (Å²) in [6, 6.07) is -1.22. The lowest BCUT2D eigenvalue weighted by molar-refractivity contribution is -0.140. The molecule has 0 aromatic heterocycles. The van der Waals surface area contributed by atoms with Gasteiger partial charge in [0.05, 0.1) is 6.10 Å². The number of aliphatic carboxylic acids is 1. The standard InChI is InChI=1S/C10H20N2O5/c1-10(2,3)17-9(16)12-7(8(14)15)4-6(13)5-11/h6-7,13H,4-5,11H2,1-3H3,(H,12,16)(H,14,15)/t6-,7-/m0/s1. The first kappa shape index (κ1) is 15.7. The number of aliphatic hydroxyl groups is 1. The van der Waals surface area contributed by atoms with Crippen molar-refractivity contribution in [3.63, 3.8) is 0 Å². The first-order valence-corrected chi connectivity index (χ1v) is 5.26. The molecule has 0 radical (unpaired) electrons. The molecule has 0 saturated heterocycles. The molecule has 0 aromatic rings. The average Bonchev–Trinajstić information content (AvgIpc) is 2.13. The van der Waals surface area contributed by atoms with Gasteiger partial charge in [-0.25, -0.2) is 9.59 Å². The smallest absolute Gasteiger partial charge is 0.408 e. The van der Waals surface area contributed by atoms with Crippen LogP contribution in [0.1, 0.15) is 27.2 Å². The molecule has 100 valence electrons. The Balaban J connectivity index is 4.35. The molecule has 0 fully saturated rings. The minimum atomic E-state index is -1.25. The summed E-state index contributed by atoms with van der Waals surface area (Å²) in [5.74, 6) is -1.25. The summed E-state index contributed by atoms with van der Waals surface area (Å²) < 4.78 is 4.91. The molecule has 0 aliphatic carbocycles. The highest BCUT2D eigenvalue weighted by Crippen LogP contribution is 2.07. The summed E-state index contributed by atoms with van der Waals surface area (Å²) in [4.78, 5) is 22.2. The molecule has 7 nitrogen and oxygen atoms in total. The number of carbonyl (C=O) groups excluding carboxylic acids is 1. The van der Waals surface area contributed by atoms with E-state index in [1.54, 1.807) is 20.8 Å². The molecular formula is C10H20N2O5. The van der Waals surface area contributed by atoms with Crippen LogP contribution in [0.25, 0.3) is 0 Å². The van der Waals surface area contributed by atoms with E-state index in [2.05, 4.69) is 5.32 Å². The molecule has 0 rings (SSSR count). The number of nitrogens with one attached hydrogen (secondary N) is 1. The molecule has 2 atom stereocenters. The molecule has 7 heteroatoms. The predicted octanol–water partition coefficient (Wildman–Crippen LogP) is -0.326. The first-order chi connectivity index (χ1) is 7.65. The molecule has 0 aromatic carbocycles. The summed E-state index contributed by atoms with van der Waals surface area (Å²) in [5.41, 5.74) is 4.46. The molecule has 0 aliphatic rings. The Bertz CT molecular complexity index is 274. The van der Waals surface area contributed by atoms with E-state index in [0.717, 1.165) is 0 Å². The van der Waals surface area contributed by atoms with Crippen molar-refractivity contribution in [3.05, 3.63) is 0 Å². The minimum Gasteiger partial charge on any atom is -0.480 e. The van der Waals surface area contributed by atoms with Crippen molar-refractivity contribution in [2.75, 3.05) is 6.54 Å². The van der Waals surface area contributed by atoms with Crippen LogP contribution in [-0.2, 0) is 9.53 Å². The number of amides is 1. The van der Waals surface area contributed by atoms with Gasteiger partial charge in [0.25, 0.3) is 0 Å². The normalized spacial score (nSPS) is 14.9. The number of carboxylic acids is 1. The summed E-state index contributed by atoms with van der Waals surface area (Å²) in [5, 5.41) is 20.2. The maximum Gasteiger partial charge on any atom is 0.408 e. The Morgan fingerprint density at radius 1 is 1.41 bits per heavy atom. The fraction of sp³-hybridized carbons (Fsp3) is 0.800. The summed E-state index contributed by atoms with van der Waals surface area (Å²) in [7, 11) is 0. The third kappa shape index (κ3) is 7.53. The quantitative estimate of drug-likeness (QED) is 0.528. The van der Waals surface area contributed by atoms with E-state index >= 15 is 0 Å². The van der Waals surface area contributed by atoms with Gasteiger partial charge in [-0.15, -0.1) is 0 Å². The Labute approximate surface area is 99.9 Å². The van der Waals surface area contributed by atoms with Crippen LogP contribution in [0.2, 0.25) is 0 Å². The van der Waals surface area contributed by atoms with Gasteiger partial charge in [-0.3, -0.25) is 0 Å². The minimum absolute atomic E-state index is 0.0697. The highest BCUT2D eigenvalue weighted by Gasteiger charge is 2.25. The number of alkyl carbamates (subject to hydrolysis) is 1. The lowest BCUT2D eigenvalue weighted by Gasteiger charge is -2.22. The molecule has 0 bridgehead atoms. The van der Waals surface area contributed by atoms with Crippen molar-refractivity contribution < 1.29 is 24.5 Å². The van der Waals surface area contributed by atoms with E-state index < -0.39 is 29.8 Å². The lowest BCUT2D eigenvalue weighted by atomic mass is 10.1. The SMILES string of the molecule is CC(C)(C)OC(=O)N[C@@H](C[C@H](O)CN)C(=O)O. The zero-order chi connectivity index (χ0) is 13.6. The van der Waals surface area contributed by atoms with Crippen LogP contribution in [-0.4, -0.2) is 46.6 Å². The molecule has 0 aliphatic heterocycles. The van der Waals surface area contributed by atoms with Gasteiger partial charge < -0.3 is 26.0 Å². The van der Waals surface area contributed by atoms with Crippen molar-refractivity contribution in [2.24, 2.45) is 5.73 Å². The highest BCUT2D eigenvalue weighted by molar-refractivity contribution is 5.80. The largest absolute Gasteiger partial charge is 0.480 e. The van der Waals surface area contributed by atoms with Crippen molar-refractivity contribution in [3.8, 4) is 0 Å². The molecule has 17 heavy (non-hydrogen) atoms. The number of carbonyl (C=O) groups is 2. The number of rotatable bonds is 5. The third-order valence-electron chi connectivity index (χ3n) is 1.77. The Morgan fingerprint density at radius 2 is 1.94 bits per heavy atom. The fourth-order valence-corrected chi connectivity index (χ4v) is 1.04. The van der Waals surface area contributed by atoms with Crippen LogP contribution in [0, 0.1) is 0 Å². The molecular weight excluding hydrogens is 228 g/mol. The summed E-state index contributed by atoms with van der Waals surface area (Å²) >= 11 is 0. The number of hydrogen-bond donors (Lipinski definition) is 4. The zero-order valence-corrected chi connectivity index (χ0v) is 10.3. The second-order valence-corrected chi connectivity index (χ2v) is 4.66. The molecule has 0 unspecified atom stereocenters. The summed E-state index contributed by atoms with van der Waals surface area (Å²) in [6.07, 6.45) is -1.98. The van der Waals surface area contributed by atoms with Crippen LogP contribution in [0.3, 0.4) is 0 Å². The van der Waals surface area contributed by atoms with E-state index in [0.29, 0.717) is 0 Å². The van der Waals surface area contributed by atoms with E-state index in [1.807, 2.05) is 0 Å². The monoisotopic (exact) mass is 248 g/mol. The zero-order valence-electron chi connectivity index (χ0n) is 10.3. The third-order valence-corrected chi connectivity index (χ3v) is 1.77. The summed E-state index contributed by atoms with van der Waals surface area (Å²) in [6.45, 7) is 4.92. The van der Waals surface area contributed by atoms with Crippen LogP contribution < -0.4 is 11.1 Å². The molecule has 1 amide bonds. The van der Waals surface area contributed by atoms with E-state index in [-0.39, 0.29) is 13.0 Å². The van der Waals surface area contributed by atoms with Crippen molar-refractivity contribution >= 4 is 12.1 Å². The highest BCUT2D eigenvalue weighted by atomic mass is 16.6. The van der Waals surface area contributed by atoms with Gasteiger partial charge in [-0.2, -0.15) is 0 Å². The van der Waals surface area contributed by atoms with Crippen LogP contribution in [0.15, 0.2) is 0 Å². The van der Waals surface area contributed by atoms with Gasteiger partial charge in [-0.05, 0) is 20.8 Å². The van der Waals surface area contributed by atoms with Crippen LogP contribution >= 0.6 is 0 Å². The Hall–Kier alpha value is -1.34. The van der Waals surface area contributed by atoms with Crippen molar-refractivity contribution in [1.29, 1.82) is 0 Å². The lowest BCUT2D eigenvalue weighted by Crippen LogP contribution is -2.45. The Morgan fingerprint density at radius 3 is 2.29 bits per heavy atom. The number of nitrogens with two attached hydrogens (primary N) is 1. The van der Waals surface area contributed by atoms with E-state index in [9.17, 15) is 14.7 Å². The molecule has 5 N–H and O–H groups in total. The van der Waals surface area contributed by atoms with E-state index in [4.69, 9.17) is 15.6 Å². The van der Waals surface area contributed by atoms with Gasteiger partial charge in [0, 0.05) is 13.0 Å². The second-order valence-electron chi connectivity index (χ2n) is 4.66. The van der Waals surface area contributed by atoms with Gasteiger partial charge in [0.2, 0.25) is 0 Å². The number of aliphatic hydroxyl groups excluding tert-OH is 1. The number of carboxylic acid groups (broad SMARTS) is 1. The average molecular weight is 248 g/mol. The van der Waals surface area contributed by atoms with Crippen molar-refractivity contribution in [1.82, 2.24) is 5.32 Å². The van der Waals surface area contributed by atoms with Gasteiger partial charge >= 0.3 is 12.1 Å². The fourth-order valence-electron chi connectivity index (χ4n) is 1.04. The van der Waals surface area contributed by atoms with Gasteiger partial charge in [0.1, 0.15) is 11.6 Å². The van der Waals surface area contributed by atoms with Crippen molar-refractivity contribution in [2.45, 2.75) is 44.9 Å². The Kier molecular flexibility index (Phi) is 5.90. The van der Waals surface area contributed by atoms with Gasteiger partial charge in [-0.1, -0.05) is 0 Å². The second kappa shape index (κ2) is 6.41. The maximum atomic E-state index is 11.3. The molecule has 0 saturated carbocycles. The number of ether oxygens (including phenoxy) is 1. The molecule has 0 spiro atoms. The van der Waals surface area contributed by atoms with Crippen LogP contribution in [0.5, 0.6) is 0 Å².